The molecular formula is C47H32N4S. The van der Waals surface area contributed by atoms with Crippen molar-refractivity contribution in [1.82, 2.24) is 14.5 Å². The van der Waals surface area contributed by atoms with Gasteiger partial charge < -0.3 is 4.90 Å². The van der Waals surface area contributed by atoms with Crippen LogP contribution in [-0.2, 0) is 0 Å². The summed E-state index contributed by atoms with van der Waals surface area (Å²) < 4.78 is 4.72. The molecule has 0 spiro atoms. The van der Waals surface area contributed by atoms with Crippen LogP contribution in [0.5, 0.6) is 0 Å². The lowest BCUT2D eigenvalue weighted by Gasteiger charge is -2.27. The lowest BCUT2D eigenvalue weighted by molar-refractivity contribution is 0.993. The molecule has 0 atom stereocenters. The number of hydrogen-bond donors (Lipinski definition) is 0. The summed E-state index contributed by atoms with van der Waals surface area (Å²) in [7, 11) is 0. The first-order valence-corrected chi connectivity index (χ1v) is 18.3. The monoisotopic (exact) mass is 684 g/mol. The van der Waals surface area contributed by atoms with Crippen LogP contribution in [-0.4, -0.2) is 21.1 Å². The van der Waals surface area contributed by atoms with Gasteiger partial charge in [0.2, 0.25) is 5.95 Å². The Bertz CT molecular complexity index is 2910. The lowest BCUT2D eigenvalue weighted by atomic mass is 9.96. The molecule has 1 aliphatic heterocycles. The van der Waals surface area contributed by atoms with Gasteiger partial charge in [-0.05, 0) is 71.3 Å². The zero-order valence-corrected chi connectivity index (χ0v) is 29.1. The molecule has 6 aromatic carbocycles. The van der Waals surface area contributed by atoms with E-state index in [1.807, 2.05) is 23.6 Å². The highest BCUT2D eigenvalue weighted by Gasteiger charge is 2.19. The summed E-state index contributed by atoms with van der Waals surface area (Å²) in [5, 5.41) is 4.86. The summed E-state index contributed by atoms with van der Waals surface area (Å²) in [6.07, 6.45) is 10.3. The second-order valence-corrected chi connectivity index (χ2v) is 14.1. The van der Waals surface area contributed by atoms with E-state index < -0.39 is 0 Å². The van der Waals surface area contributed by atoms with Crippen molar-refractivity contribution in [2.45, 2.75) is 0 Å². The fourth-order valence-electron chi connectivity index (χ4n) is 7.59. The number of fused-ring (bicyclic) bond motifs is 7. The molecule has 0 fully saturated rings. The van der Waals surface area contributed by atoms with Crippen LogP contribution < -0.4 is 4.90 Å². The molecule has 0 amide bonds. The van der Waals surface area contributed by atoms with Crippen molar-refractivity contribution in [1.29, 1.82) is 0 Å². The molecular weight excluding hydrogens is 653 g/mol. The predicted octanol–water partition coefficient (Wildman–Crippen LogP) is 12.6. The van der Waals surface area contributed by atoms with Gasteiger partial charge in [-0.1, -0.05) is 116 Å². The number of para-hydroxylation sites is 2. The molecule has 0 saturated carbocycles. The fourth-order valence-corrected chi connectivity index (χ4v) is 8.81. The Morgan fingerprint density at radius 3 is 2.31 bits per heavy atom. The minimum atomic E-state index is 0.657. The van der Waals surface area contributed by atoms with Gasteiger partial charge in [0.05, 0.1) is 16.7 Å². The lowest BCUT2D eigenvalue weighted by Crippen LogP contribution is -2.18. The highest BCUT2D eigenvalue weighted by atomic mass is 32.1. The van der Waals surface area contributed by atoms with E-state index in [0.717, 1.165) is 73.2 Å². The summed E-state index contributed by atoms with van der Waals surface area (Å²) in [6.45, 7) is 5.25. The second kappa shape index (κ2) is 12.3. The number of anilines is 2. The van der Waals surface area contributed by atoms with E-state index in [1.54, 1.807) is 0 Å². The quantitative estimate of drug-likeness (QED) is 0.185. The highest BCUT2D eigenvalue weighted by Crippen LogP contribution is 2.41. The molecule has 0 saturated heterocycles. The molecule has 10 rings (SSSR count). The average Bonchev–Trinajstić information content (AvgIpc) is 3.77. The number of thiophene rings is 1. The van der Waals surface area contributed by atoms with E-state index in [1.165, 1.54) is 20.2 Å². The fraction of sp³-hybridized carbons (Fsp3) is 0.0213. The maximum Gasteiger partial charge on any atom is 0.235 e. The van der Waals surface area contributed by atoms with Crippen molar-refractivity contribution in [2.75, 3.05) is 11.4 Å². The Morgan fingerprint density at radius 2 is 1.38 bits per heavy atom. The SMILES string of the molecule is C=C1/C=C\C=C/CN(c2ccccc2)c2ccc(-c3ccc4c(c3)c3ccccc3n4-c3nccc(-c4cccc5c4sc4ccccc45)n3)cc21. The molecule has 0 radical (unpaired) electrons. The Labute approximate surface area is 305 Å². The van der Waals surface area contributed by atoms with Gasteiger partial charge in [0.1, 0.15) is 0 Å². The van der Waals surface area contributed by atoms with Crippen molar-refractivity contribution >= 4 is 70.3 Å². The summed E-state index contributed by atoms with van der Waals surface area (Å²) >= 11 is 1.82. The van der Waals surface area contributed by atoms with Crippen molar-refractivity contribution in [3.8, 4) is 28.3 Å². The third-order valence-electron chi connectivity index (χ3n) is 10.1. The summed E-state index contributed by atoms with van der Waals surface area (Å²) in [5.74, 6) is 0.657. The van der Waals surface area contributed by atoms with Crippen molar-refractivity contribution in [3.63, 3.8) is 0 Å². The number of rotatable bonds is 4. The van der Waals surface area contributed by atoms with Crippen LogP contribution in [0.1, 0.15) is 5.56 Å². The molecule has 4 nitrogen and oxygen atoms in total. The smallest absolute Gasteiger partial charge is 0.235 e. The minimum absolute atomic E-state index is 0.657. The van der Waals surface area contributed by atoms with Crippen molar-refractivity contribution < 1.29 is 0 Å². The van der Waals surface area contributed by atoms with E-state index in [4.69, 9.17) is 9.97 Å². The maximum absolute atomic E-state index is 5.23. The zero-order valence-electron chi connectivity index (χ0n) is 28.3. The van der Waals surface area contributed by atoms with Crippen LogP contribution in [0.2, 0.25) is 0 Å². The van der Waals surface area contributed by atoms with Crippen molar-refractivity contribution in [2.24, 2.45) is 0 Å². The largest absolute Gasteiger partial charge is 0.337 e. The van der Waals surface area contributed by atoms with Crippen LogP contribution in [0.15, 0.2) is 177 Å². The minimum Gasteiger partial charge on any atom is -0.337 e. The molecule has 0 aliphatic carbocycles. The third-order valence-corrected chi connectivity index (χ3v) is 11.3. The van der Waals surface area contributed by atoms with E-state index in [2.05, 4.69) is 174 Å². The topological polar surface area (TPSA) is 34.0 Å². The molecule has 52 heavy (non-hydrogen) atoms. The van der Waals surface area contributed by atoms with Gasteiger partial charge >= 0.3 is 0 Å². The first-order chi connectivity index (χ1) is 25.7. The standard InChI is InChI=1S/C47H32N4S/c1-31-13-4-3-11-28-50(34-14-5-2-6-15-34)42-24-22-32(29-39(31)42)33-23-25-44-40(30-33)35-16-7-9-20-43(35)51(44)47-48-27-26-41(49-47)38-19-12-18-37-36-17-8-10-21-45(36)52-46(37)38/h2-27,29-30H,1,28H2/b11-3-,13-4-. The molecule has 3 aromatic heterocycles. The number of aromatic nitrogens is 3. The molecule has 5 heteroatoms. The Morgan fingerprint density at radius 1 is 0.615 bits per heavy atom. The van der Waals surface area contributed by atoms with E-state index >= 15 is 0 Å². The molecule has 0 N–H and O–H groups in total. The van der Waals surface area contributed by atoms with Gasteiger partial charge in [-0.3, -0.25) is 4.57 Å². The highest BCUT2D eigenvalue weighted by molar-refractivity contribution is 7.26. The molecule has 9 aromatic rings. The van der Waals surface area contributed by atoms with Crippen molar-refractivity contribution in [3.05, 3.63) is 182 Å². The normalized spacial score (nSPS) is 14.4. The molecule has 0 unspecified atom stereocenters. The van der Waals surface area contributed by atoms with Crippen LogP contribution >= 0.6 is 11.3 Å². The summed E-state index contributed by atoms with van der Waals surface area (Å²) in [5.41, 5.74) is 10.8. The molecule has 0 bridgehead atoms. The Hall–Kier alpha value is -6.56. The Balaban J connectivity index is 1.10. The maximum atomic E-state index is 5.23. The van der Waals surface area contributed by atoms with Gasteiger partial charge in [0.15, 0.2) is 0 Å². The molecule has 246 valence electrons. The van der Waals surface area contributed by atoms with Crippen LogP contribution in [0.3, 0.4) is 0 Å². The molecule has 4 heterocycles. The number of hydrogen-bond acceptors (Lipinski definition) is 4. The number of nitrogens with zero attached hydrogens (tertiary/aromatic N) is 4. The van der Waals surface area contributed by atoms with E-state index in [0.29, 0.717) is 5.95 Å². The number of benzene rings is 6. The summed E-state index contributed by atoms with van der Waals surface area (Å²) in [4.78, 5) is 12.4. The first kappa shape index (κ1) is 30.3. The van der Waals surface area contributed by atoms with Crippen LogP contribution in [0.25, 0.3) is 75.9 Å². The molecule has 1 aliphatic rings. The number of allylic oxidation sites excluding steroid dienone is 4. The van der Waals surface area contributed by atoms with E-state index in [9.17, 15) is 0 Å². The summed E-state index contributed by atoms with van der Waals surface area (Å²) in [6, 6.07) is 49.7. The third kappa shape index (κ3) is 4.97. The van der Waals surface area contributed by atoms with Crippen LogP contribution in [0, 0.1) is 0 Å². The van der Waals surface area contributed by atoms with E-state index in [-0.39, 0.29) is 0 Å². The van der Waals surface area contributed by atoms with Gasteiger partial charge in [-0.15, -0.1) is 11.3 Å². The van der Waals surface area contributed by atoms with Gasteiger partial charge in [0.25, 0.3) is 0 Å². The first-order valence-electron chi connectivity index (χ1n) is 17.5. The predicted molar refractivity (Wildman–Crippen MR) is 221 cm³/mol. The van der Waals surface area contributed by atoms with Crippen LogP contribution in [0.4, 0.5) is 11.4 Å². The van der Waals surface area contributed by atoms with Gasteiger partial charge in [-0.2, -0.15) is 0 Å². The Kier molecular flexibility index (Phi) is 7.18. The second-order valence-electron chi connectivity index (χ2n) is 13.1. The average molecular weight is 685 g/mol. The zero-order chi connectivity index (χ0) is 34.6. The van der Waals surface area contributed by atoms with Gasteiger partial charge in [-0.25, -0.2) is 9.97 Å². The van der Waals surface area contributed by atoms with Gasteiger partial charge in [0, 0.05) is 66.2 Å².